The molecule has 0 saturated carbocycles. The van der Waals surface area contributed by atoms with Crippen molar-refractivity contribution in [2.45, 2.75) is 12.5 Å². The van der Waals surface area contributed by atoms with Crippen molar-refractivity contribution in [1.82, 2.24) is 4.90 Å². The number of phenolic OH excluding ortho intramolecular Hbond substituents is 1. The largest absolute Gasteiger partial charge is 0.508 e. The number of aromatic hydroxyl groups is 1. The molecule has 0 aromatic heterocycles. The molecule has 21 heavy (non-hydrogen) atoms. The SMILES string of the molecule is CN(C)C1=NC(c2ccccc2Cl)c2ccc(O)cc2C1. The molecule has 4 heteroatoms. The molecule has 1 aliphatic heterocycles. The number of amidine groups is 1. The predicted octanol–water partition coefficient (Wildman–Crippen LogP) is 3.65. The molecule has 1 N–H and O–H groups in total. The van der Waals surface area contributed by atoms with Gasteiger partial charge >= 0.3 is 0 Å². The standard InChI is InChI=1S/C17H17ClN2O/c1-20(2)16-10-11-9-12(21)7-8-13(11)17(19-16)14-5-3-4-6-15(14)18/h3-9,17,21H,10H2,1-2H3. The molecule has 1 heterocycles. The van der Waals surface area contributed by atoms with Crippen LogP contribution in [0.5, 0.6) is 5.75 Å². The van der Waals surface area contributed by atoms with E-state index in [9.17, 15) is 5.11 Å². The lowest BCUT2D eigenvalue weighted by Crippen LogP contribution is -2.28. The van der Waals surface area contributed by atoms with E-state index in [1.54, 1.807) is 6.07 Å². The third-order valence-corrected chi connectivity index (χ3v) is 4.11. The van der Waals surface area contributed by atoms with Crippen molar-refractivity contribution in [2.75, 3.05) is 14.1 Å². The summed E-state index contributed by atoms with van der Waals surface area (Å²) in [5.74, 6) is 1.27. The molecule has 0 radical (unpaired) electrons. The van der Waals surface area contributed by atoms with Crippen molar-refractivity contribution in [3.05, 3.63) is 64.2 Å². The highest BCUT2D eigenvalue weighted by atomic mass is 35.5. The Bertz CT molecular complexity index is 710. The van der Waals surface area contributed by atoms with Crippen LogP contribution in [0.4, 0.5) is 0 Å². The van der Waals surface area contributed by atoms with Crippen molar-refractivity contribution in [3.8, 4) is 5.75 Å². The number of fused-ring (bicyclic) bond motifs is 1. The highest BCUT2D eigenvalue weighted by Crippen LogP contribution is 2.37. The lowest BCUT2D eigenvalue weighted by atomic mass is 9.90. The average Bonchev–Trinajstić information content (AvgIpc) is 2.46. The van der Waals surface area contributed by atoms with Gasteiger partial charge < -0.3 is 10.0 Å². The number of rotatable bonds is 1. The van der Waals surface area contributed by atoms with E-state index >= 15 is 0 Å². The quantitative estimate of drug-likeness (QED) is 0.872. The number of benzene rings is 2. The molecule has 1 aliphatic rings. The Morgan fingerprint density at radius 2 is 1.90 bits per heavy atom. The molecule has 1 unspecified atom stereocenters. The fraction of sp³-hybridized carbons (Fsp3) is 0.235. The number of hydrogen-bond acceptors (Lipinski definition) is 3. The summed E-state index contributed by atoms with van der Waals surface area (Å²) in [6, 6.07) is 13.1. The number of phenols is 1. The van der Waals surface area contributed by atoms with Gasteiger partial charge in [-0.05, 0) is 34.9 Å². The van der Waals surface area contributed by atoms with Crippen molar-refractivity contribution in [3.63, 3.8) is 0 Å². The van der Waals surface area contributed by atoms with Crippen LogP contribution >= 0.6 is 11.6 Å². The van der Waals surface area contributed by atoms with Crippen molar-refractivity contribution >= 4 is 17.4 Å². The van der Waals surface area contributed by atoms with Crippen LogP contribution in [0.25, 0.3) is 0 Å². The van der Waals surface area contributed by atoms with E-state index in [4.69, 9.17) is 16.6 Å². The number of halogens is 1. The topological polar surface area (TPSA) is 35.8 Å². The number of likely N-dealkylation sites (N-methyl/N-ethyl adjacent to an activating group) is 1. The number of aliphatic imine (C=N–C) groups is 1. The minimum atomic E-state index is -0.125. The summed E-state index contributed by atoms with van der Waals surface area (Å²) in [6.07, 6.45) is 0.720. The van der Waals surface area contributed by atoms with Crippen LogP contribution in [0.1, 0.15) is 22.7 Å². The Kier molecular flexibility index (Phi) is 3.60. The summed E-state index contributed by atoms with van der Waals surface area (Å²) < 4.78 is 0. The van der Waals surface area contributed by atoms with E-state index in [1.165, 1.54) is 0 Å². The lowest BCUT2D eigenvalue weighted by molar-refractivity contribution is 0.474. The summed E-state index contributed by atoms with van der Waals surface area (Å²) in [4.78, 5) is 6.87. The van der Waals surface area contributed by atoms with Gasteiger partial charge in [0.25, 0.3) is 0 Å². The molecule has 0 spiro atoms. The Labute approximate surface area is 129 Å². The highest BCUT2D eigenvalue weighted by Gasteiger charge is 2.25. The van der Waals surface area contributed by atoms with Gasteiger partial charge in [-0.3, -0.25) is 4.99 Å². The van der Waals surface area contributed by atoms with E-state index in [0.29, 0.717) is 5.02 Å². The predicted molar refractivity (Wildman–Crippen MR) is 86.2 cm³/mol. The molecule has 3 rings (SSSR count). The second kappa shape index (κ2) is 5.41. The van der Waals surface area contributed by atoms with Crippen LogP contribution < -0.4 is 0 Å². The monoisotopic (exact) mass is 300 g/mol. The summed E-state index contributed by atoms with van der Waals surface area (Å²) in [5.41, 5.74) is 3.19. The average molecular weight is 301 g/mol. The summed E-state index contributed by atoms with van der Waals surface area (Å²) in [5, 5.41) is 10.5. The first-order chi connectivity index (χ1) is 10.1. The smallest absolute Gasteiger partial charge is 0.115 e. The van der Waals surface area contributed by atoms with E-state index in [1.807, 2.05) is 55.4 Å². The fourth-order valence-electron chi connectivity index (χ4n) is 2.65. The third kappa shape index (κ3) is 2.61. The van der Waals surface area contributed by atoms with Crippen LogP contribution in [-0.2, 0) is 6.42 Å². The van der Waals surface area contributed by atoms with E-state index in [2.05, 4.69) is 0 Å². The van der Waals surface area contributed by atoms with Crippen LogP contribution in [0, 0.1) is 0 Å². The molecule has 0 aliphatic carbocycles. The number of hydrogen-bond donors (Lipinski definition) is 1. The van der Waals surface area contributed by atoms with Crippen LogP contribution in [0.3, 0.4) is 0 Å². The maximum Gasteiger partial charge on any atom is 0.115 e. The molecular weight excluding hydrogens is 284 g/mol. The van der Waals surface area contributed by atoms with Crippen LogP contribution in [0.15, 0.2) is 47.5 Å². The van der Waals surface area contributed by atoms with Crippen molar-refractivity contribution in [1.29, 1.82) is 0 Å². The molecule has 1 atom stereocenters. The van der Waals surface area contributed by atoms with E-state index < -0.39 is 0 Å². The lowest BCUT2D eigenvalue weighted by Gasteiger charge is -2.28. The second-order valence-corrected chi connectivity index (χ2v) is 5.83. The molecule has 2 aromatic carbocycles. The number of nitrogens with zero attached hydrogens (tertiary/aromatic N) is 2. The molecule has 0 fully saturated rings. The Morgan fingerprint density at radius 3 is 2.62 bits per heavy atom. The van der Waals surface area contributed by atoms with Crippen molar-refractivity contribution in [2.24, 2.45) is 4.99 Å². The first-order valence-electron chi connectivity index (χ1n) is 6.86. The Balaban J connectivity index is 2.16. The van der Waals surface area contributed by atoms with Gasteiger partial charge in [0.2, 0.25) is 0 Å². The fourth-order valence-corrected chi connectivity index (χ4v) is 2.89. The van der Waals surface area contributed by atoms with E-state index in [0.717, 1.165) is 28.9 Å². The molecule has 0 saturated heterocycles. The molecule has 0 amide bonds. The third-order valence-electron chi connectivity index (χ3n) is 3.76. The first-order valence-corrected chi connectivity index (χ1v) is 7.24. The van der Waals surface area contributed by atoms with Gasteiger partial charge in [-0.25, -0.2) is 0 Å². The molecular formula is C17H17ClN2O. The van der Waals surface area contributed by atoms with Gasteiger partial charge in [-0.1, -0.05) is 35.9 Å². The van der Waals surface area contributed by atoms with E-state index in [-0.39, 0.29) is 11.8 Å². The zero-order chi connectivity index (χ0) is 15.0. The van der Waals surface area contributed by atoms with Gasteiger partial charge in [-0.2, -0.15) is 0 Å². The van der Waals surface area contributed by atoms with Crippen LogP contribution in [-0.4, -0.2) is 29.9 Å². The minimum Gasteiger partial charge on any atom is -0.508 e. The summed E-state index contributed by atoms with van der Waals surface area (Å²) in [7, 11) is 3.96. The van der Waals surface area contributed by atoms with Gasteiger partial charge in [0.1, 0.15) is 17.6 Å². The molecule has 108 valence electrons. The Morgan fingerprint density at radius 1 is 1.14 bits per heavy atom. The summed E-state index contributed by atoms with van der Waals surface area (Å²) in [6.45, 7) is 0. The first kappa shape index (κ1) is 14.0. The summed E-state index contributed by atoms with van der Waals surface area (Å²) >= 11 is 6.35. The minimum absolute atomic E-state index is 0.125. The van der Waals surface area contributed by atoms with Gasteiger partial charge in [0, 0.05) is 25.5 Å². The Hall–Kier alpha value is -2.00. The molecule has 2 aromatic rings. The zero-order valence-corrected chi connectivity index (χ0v) is 12.8. The molecule has 0 bridgehead atoms. The van der Waals surface area contributed by atoms with Crippen LogP contribution in [0.2, 0.25) is 5.02 Å². The van der Waals surface area contributed by atoms with Gasteiger partial charge in [-0.15, -0.1) is 0 Å². The zero-order valence-electron chi connectivity index (χ0n) is 12.0. The normalized spacial score (nSPS) is 17.1. The molecule has 3 nitrogen and oxygen atoms in total. The maximum absolute atomic E-state index is 9.74. The second-order valence-electron chi connectivity index (χ2n) is 5.42. The highest BCUT2D eigenvalue weighted by molar-refractivity contribution is 6.31. The van der Waals surface area contributed by atoms with Gasteiger partial charge in [0.05, 0.1) is 0 Å². The maximum atomic E-state index is 9.74. The van der Waals surface area contributed by atoms with Gasteiger partial charge in [0.15, 0.2) is 0 Å². The van der Waals surface area contributed by atoms with Crippen molar-refractivity contribution < 1.29 is 5.11 Å².